The Labute approximate surface area is 179 Å². The van der Waals surface area contributed by atoms with Crippen LogP contribution in [0.1, 0.15) is 48.3 Å². The topological polar surface area (TPSA) is 151 Å². The summed E-state index contributed by atoms with van der Waals surface area (Å²) >= 11 is 0. The van der Waals surface area contributed by atoms with Gasteiger partial charge in [-0.25, -0.2) is 0 Å². The molecule has 2 aliphatic heterocycles. The number of aliphatic hydroxyl groups excluding tert-OH is 1. The van der Waals surface area contributed by atoms with Crippen molar-refractivity contribution in [2.45, 2.75) is 56.9 Å². The average Bonchev–Trinajstić information content (AvgIpc) is 3.40. The summed E-state index contributed by atoms with van der Waals surface area (Å²) in [5.41, 5.74) is -0.685. The van der Waals surface area contributed by atoms with Crippen molar-refractivity contribution in [3.8, 4) is 0 Å². The van der Waals surface area contributed by atoms with E-state index in [2.05, 4.69) is 20.4 Å². The van der Waals surface area contributed by atoms with E-state index in [-0.39, 0.29) is 24.6 Å². The fourth-order valence-corrected chi connectivity index (χ4v) is 4.16. The molecule has 0 bridgehead atoms. The van der Waals surface area contributed by atoms with Gasteiger partial charge in [-0.1, -0.05) is 0 Å². The number of aryl methyl sites for hydroxylation is 1. The minimum Gasteiger partial charge on any atom is -0.483 e. The molecule has 2 aliphatic rings. The van der Waals surface area contributed by atoms with Crippen LogP contribution in [-0.4, -0.2) is 74.6 Å². The lowest BCUT2D eigenvalue weighted by atomic mass is 9.74. The van der Waals surface area contributed by atoms with Gasteiger partial charge >= 0.3 is 0 Å². The monoisotopic (exact) mass is 436 g/mol. The third-order valence-electron chi connectivity index (χ3n) is 5.85. The summed E-state index contributed by atoms with van der Waals surface area (Å²) in [6.45, 7) is 5.88. The molecule has 0 saturated carbocycles. The zero-order valence-electron chi connectivity index (χ0n) is 17.6. The summed E-state index contributed by atoms with van der Waals surface area (Å²) in [4.78, 5) is 23.1. The van der Waals surface area contributed by atoms with E-state index in [1.54, 1.807) is 13.0 Å². The molecule has 2 aromatic heterocycles. The standard InChI is InChI=1S/C19H26N4O5.CH2O2/c1-13-21-22-16(28-13)9-23-6-4-19(5-7-23)12-18(2,15(24)11-27-19)20-17(25)14-3-8-26-10-14;2-1-3/h3,8,10,15,24H,4-7,9,11-12H2,1-2H3,(H,20,25);1H,(H,2,3)/t15-,18-;/m1./s1. The van der Waals surface area contributed by atoms with Crippen molar-refractivity contribution in [2.75, 3.05) is 19.7 Å². The second-order valence-corrected chi connectivity index (χ2v) is 8.17. The Morgan fingerprint density at radius 2 is 2.10 bits per heavy atom. The molecule has 0 unspecified atom stereocenters. The van der Waals surface area contributed by atoms with Crippen LogP contribution in [0.5, 0.6) is 0 Å². The number of ether oxygens (including phenoxy) is 1. The number of aliphatic hydroxyl groups is 1. The summed E-state index contributed by atoms with van der Waals surface area (Å²) in [5.74, 6) is 0.930. The molecule has 3 N–H and O–H groups in total. The first kappa shape index (κ1) is 22.9. The van der Waals surface area contributed by atoms with E-state index >= 15 is 0 Å². The Balaban J connectivity index is 0.000000858. The average molecular weight is 436 g/mol. The molecule has 4 heterocycles. The largest absolute Gasteiger partial charge is 0.483 e. The van der Waals surface area contributed by atoms with Crippen LogP contribution in [0.3, 0.4) is 0 Å². The van der Waals surface area contributed by atoms with Crippen molar-refractivity contribution < 1.29 is 33.4 Å². The maximum atomic E-state index is 12.5. The van der Waals surface area contributed by atoms with Crippen molar-refractivity contribution in [2.24, 2.45) is 0 Å². The first-order chi connectivity index (χ1) is 14.8. The Bertz CT molecular complexity index is 861. The summed E-state index contributed by atoms with van der Waals surface area (Å²) < 4.78 is 16.5. The summed E-state index contributed by atoms with van der Waals surface area (Å²) in [6.07, 6.45) is 4.26. The zero-order valence-corrected chi connectivity index (χ0v) is 17.6. The van der Waals surface area contributed by atoms with Crippen LogP contribution in [0.15, 0.2) is 27.4 Å². The molecule has 2 atom stereocenters. The molecule has 2 saturated heterocycles. The molecular weight excluding hydrogens is 408 g/mol. The first-order valence-corrected chi connectivity index (χ1v) is 10.0. The van der Waals surface area contributed by atoms with Gasteiger partial charge in [0.2, 0.25) is 11.8 Å². The Kier molecular flexibility index (Phi) is 7.08. The number of amides is 1. The van der Waals surface area contributed by atoms with Crippen LogP contribution in [0, 0.1) is 6.92 Å². The Hall–Kier alpha value is -2.76. The van der Waals surface area contributed by atoms with Gasteiger partial charge in [0.1, 0.15) is 12.4 Å². The van der Waals surface area contributed by atoms with Gasteiger partial charge in [-0.15, -0.1) is 10.2 Å². The molecule has 11 heteroatoms. The van der Waals surface area contributed by atoms with Crippen molar-refractivity contribution in [3.05, 3.63) is 35.9 Å². The molecule has 11 nitrogen and oxygen atoms in total. The van der Waals surface area contributed by atoms with Crippen LogP contribution in [0.25, 0.3) is 0 Å². The maximum Gasteiger partial charge on any atom is 0.290 e. The number of carboxylic acid groups (broad SMARTS) is 1. The van der Waals surface area contributed by atoms with Gasteiger partial charge in [-0.05, 0) is 25.8 Å². The van der Waals surface area contributed by atoms with Crippen LogP contribution >= 0.6 is 0 Å². The highest BCUT2D eigenvalue weighted by Crippen LogP contribution is 2.40. The number of carbonyl (C=O) groups excluding carboxylic acids is 1. The van der Waals surface area contributed by atoms with Gasteiger partial charge in [0, 0.05) is 26.4 Å². The highest BCUT2D eigenvalue weighted by atomic mass is 16.5. The number of carbonyl (C=O) groups is 2. The van der Waals surface area contributed by atoms with Gasteiger partial charge in [0.05, 0.1) is 36.1 Å². The lowest BCUT2D eigenvalue weighted by Gasteiger charge is -2.51. The molecule has 4 rings (SSSR count). The fourth-order valence-electron chi connectivity index (χ4n) is 4.16. The van der Waals surface area contributed by atoms with Crippen LogP contribution in [0.4, 0.5) is 0 Å². The number of hydrogen-bond acceptors (Lipinski definition) is 9. The zero-order chi connectivity index (χ0) is 22.5. The van der Waals surface area contributed by atoms with Crippen LogP contribution < -0.4 is 5.32 Å². The number of piperidine rings is 1. The third kappa shape index (κ3) is 5.49. The van der Waals surface area contributed by atoms with E-state index in [0.717, 1.165) is 25.9 Å². The lowest BCUT2D eigenvalue weighted by molar-refractivity contribution is -0.178. The number of nitrogens with zero attached hydrogens (tertiary/aromatic N) is 3. The number of rotatable bonds is 4. The molecule has 2 aromatic rings. The molecule has 0 aromatic carbocycles. The van der Waals surface area contributed by atoms with Gasteiger partial charge in [0.15, 0.2) is 0 Å². The fraction of sp³-hybridized carbons (Fsp3) is 0.600. The Morgan fingerprint density at radius 3 is 2.68 bits per heavy atom. The first-order valence-electron chi connectivity index (χ1n) is 10.0. The van der Waals surface area contributed by atoms with Crippen molar-refractivity contribution in [3.63, 3.8) is 0 Å². The van der Waals surface area contributed by atoms with Gasteiger partial charge in [0.25, 0.3) is 12.4 Å². The summed E-state index contributed by atoms with van der Waals surface area (Å²) in [6, 6.07) is 1.61. The predicted molar refractivity (Wildman–Crippen MR) is 106 cm³/mol. The number of furan rings is 1. The maximum absolute atomic E-state index is 12.5. The van der Waals surface area contributed by atoms with Gasteiger partial charge in [-0.3, -0.25) is 14.5 Å². The predicted octanol–water partition coefficient (Wildman–Crippen LogP) is 0.976. The van der Waals surface area contributed by atoms with Crippen molar-refractivity contribution >= 4 is 12.4 Å². The van der Waals surface area contributed by atoms with Crippen LogP contribution in [0.2, 0.25) is 0 Å². The van der Waals surface area contributed by atoms with Crippen molar-refractivity contribution in [1.82, 2.24) is 20.4 Å². The molecular formula is C20H28N4O7. The van der Waals surface area contributed by atoms with E-state index in [1.165, 1.54) is 12.5 Å². The van der Waals surface area contributed by atoms with E-state index in [4.69, 9.17) is 23.5 Å². The lowest BCUT2D eigenvalue weighted by Crippen LogP contribution is -2.65. The minimum atomic E-state index is -0.770. The molecule has 2 fully saturated rings. The van der Waals surface area contributed by atoms with E-state index in [9.17, 15) is 9.90 Å². The van der Waals surface area contributed by atoms with Crippen LogP contribution in [-0.2, 0) is 16.1 Å². The molecule has 170 valence electrons. The Morgan fingerprint density at radius 1 is 1.39 bits per heavy atom. The van der Waals surface area contributed by atoms with Gasteiger partial charge in [-0.2, -0.15) is 0 Å². The highest BCUT2D eigenvalue weighted by Gasteiger charge is 2.50. The number of aromatic nitrogens is 2. The van der Waals surface area contributed by atoms with Crippen molar-refractivity contribution in [1.29, 1.82) is 0 Å². The molecule has 31 heavy (non-hydrogen) atoms. The highest BCUT2D eigenvalue weighted by molar-refractivity contribution is 5.94. The second-order valence-electron chi connectivity index (χ2n) is 8.17. The van der Waals surface area contributed by atoms with E-state index < -0.39 is 11.6 Å². The second kappa shape index (κ2) is 9.58. The number of hydrogen-bond donors (Lipinski definition) is 3. The SMILES string of the molecule is Cc1nnc(CN2CCC3(CC2)C[C@@](C)(NC(=O)c2ccoc2)[C@H](O)CO3)o1.O=CO. The minimum absolute atomic E-state index is 0.199. The van der Waals surface area contributed by atoms with E-state index in [0.29, 0.717) is 30.3 Å². The van der Waals surface area contributed by atoms with E-state index in [1.807, 2.05) is 6.92 Å². The molecule has 1 amide bonds. The third-order valence-corrected chi connectivity index (χ3v) is 5.85. The molecule has 0 aliphatic carbocycles. The summed E-state index contributed by atoms with van der Waals surface area (Å²) in [7, 11) is 0. The quantitative estimate of drug-likeness (QED) is 0.591. The van der Waals surface area contributed by atoms with Gasteiger partial charge < -0.3 is 29.1 Å². The normalized spacial score (nSPS) is 25.5. The number of likely N-dealkylation sites (tertiary alicyclic amines) is 1. The smallest absolute Gasteiger partial charge is 0.290 e. The molecule has 0 radical (unpaired) electrons. The number of nitrogens with one attached hydrogen (secondary N) is 1. The summed E-state index contributed by atoms with van der Waals surface area (Å²) in [5, 5.41) is 28.3. The molecule has 1 spiro atoms.